The van der Waals surface area contributed by atoms with Crippen LogP contribution in [0.5, 0.6) is 17.2 Å². The Balaban J connectivity index is 1.42. The molecule has 0 bridgehead atoms. The van der Waals surface area contributed by atoms with Crippen molar-refractivity contribution < 1.29 is 19.0 Å². The van der Waals surface area contributed by atoms with Crippen LogP contribution >= 0.6 is 11.6 Å². The molecule has 0 unspecified atom stereocenters. The minimum Gasteiger partial charge on any atom is -0.495 e. The predicted octanol–water partition coefficient (Wildman–Crippen LogP) is 3.86. The highest BCUT2D eigenvalue weighted by molar-refractivity contribution is 6.32. The molecule has 0 saturated carbocycles. The number of amides is 1. The first-order valence-corrected chi connectivity index (χ1v) is 8.65. The number of carbonyl (C=O) groups is 1. The van der Waals surface area contributed by atoms with Crippen molar-refractivity contribution in [2.75, 3.05) is 24.5 Å². The van der Waals surface area contributed by atoms with Gasteiger partial charge in [0.1, 0.15) is 5.75 Å². The van der Waals surface area contributed by atoms with Crippen LogP contribution in [-0.4, -0.2) is 30.0 Å². The number of carbonyl (C=O) groups excluding carboxylic acids is 1. The van der Waals surface area contributed by atoms with E-state index in [4.69, 9.17) is 25.8 Å². The predicted molar refractivity (Wildman–Crippen MR) is 104 cm³/mol. The summed E-state index contributed by atoms with van der Waals surface area (Å²) in [5, 5.41) is 14.3. The van der Waals surface area contributed by atoms with Gasteiger partial charge in [-0.15, -0.1) is 10.2 Å². The Morgan fingerprint density at radius 3 is 2.57 bits per heavy atom. The molecule has 9 heteroatoms. The minimum absolute atomic E-state index is 0.153. The van der Waals surface area contributed by atoms with Gasteiger partial charge in [0.2, 0.25) is 6.79 Å². The van der Waals surface area contributed by atoms with Crippen molar-refractivity contribution in [3.8, 4) is 17.2 Å². The van der Waals surface area contributed by atoms with Crippen LogP contribution in [0, 0.1) is 0 Å². The van der Waals surface area contributed by atoms with Crippen molar-refractivity contribution in [2.24, 2.45) is 0 Å². The SMILES string of the molecule is COc1ccc(Nc2ccc(NC(=O)c3ccc4c(c3)OCO4)nn2)cc1Cl. The second kappa shape index (κ2) is 7.61. The van der Waals surface area contributed by atoms with Crippen LogP contribution in [0.3, 0.4) is 0 Å². The van der Waals surface area contributed by atoms with Gasteiger partial charge in [-0.3, -0.25) is 4.79 Å². The highest BCUT2D eigenvalue weighted by Crippen LogP contribution is 2.32. The highest BCUT2D eigenvalue weighted by Gasteiger charge is 2.16. The molecule has 3 aromatic rings. The summed E-state index contributed by atoms with van der Waals surface area (Å²) >= 11 is 6.11. The van der Waals surface area contributed by atoms with E-state index < -0.39 is 0 Å². The zero-order valence-electron chi connectivity index (χ0n) is 14.7. The van der Waals surface area contributed by atoms with E-state index in [9.17, 15) is 4.79 Å². The molecule has 1 amide bonds. The van der Waals surface area contributed by atoms with E-state index in [0.717, 1.165) is 5.69 Å². The molecular formula is C19H15ClN4O4. The summed E-state index contributed by atoms with van der Waals surface area (Å²) in [5.41, 5.74) is 1.17. The van der Waals surface area contributed by atoms with E-state index in [0.29, 0.717) is 39.5 Å². The smallest absolute Gasteiger partial charge is 0.257 e. The topological polar surface area (TPSA) is 94.6 Å². The fraction of sp³-hybridized carbons (Fsp3) is 0.105. The summed E-state index contributed by atoms with van der Waals surface area (Å²) in [6, 6.07) is 13.6. The van der Waals surface area contributed by atoms with Gasteiger partial charge in [-0.25, -0.2) is 0 Å². The third kappa shape index (κ3) is 3.77. The number of halogens is 1. The van der Waals surface area contributed by atoms with Crippen molar-refractivity contribution in [3.63, 3.8) is 0 Å². The number of ether oxygens (including phenoxy) is 3. The van der Waals surface area contributed by atoms with Gasteiger partial charge in [0.05, 0.1) is 12.1 Å². The number of aromatic nitrogens is 2. The molecule has 0 aliphatic carbocycles. The third-order valence-electron chi connectivity index (χ3n) is 3.97. The number of rotatable bonds is 5. The molecule has 0 atom stereocenters. The quantitative estimate of drug-likeness (QED) is 0.673. The molecule has 28 heavy (non-hydrogen) atoms. The molecular weight excluding hydrogens is 384 g/mol. The normalized spacial score (nSPS) is 11.8. The number of hydrogen-bond acceptors (Lipinski definition) is 7. The third-order valence-corrected chi connectivity index (χ3v) is 4.26. The van der Waals surface area contributed by atoms with Crippen molar-refractivity contribution in [1.82, 2.24) is 10.2 Å². The standard InChI is InChI=1S/C19H15ClN4O4/c1-26-14-5-3-12(9-13(14)20)21-17-6-7-18(24-23-17)22-19(25)11-2-4-15-16(8-11)28-10-27-15/h2-9H,10H2,1H3,(H,21,23)(H,22,24,25). The van der Waals surface area contributed by atoms with Gasteiger partial charge in [0, 0.05) is 11.3 Å². The lowest BCUT2D eigenvalue weighted by molar-refractivity contribution is 0.102. The van der Waals surface area contributed by atoms with Crippen molar-refractivity contribution >= 4 is 34.8 Å². The Bertz CT molecular complexity index is 1030. The molecule has 142 valence electrons. The number of nitrogens with zero attached hydrogens (tertiary/aromatic N) is 2. The van der Waals surface area contributed by atoms with E-state index >= 15 is 0 Å². The maximum Gasteiger partial charge on any atom is 0.257 e. The van der Waals surface area contributed by atoms with E-state index in [1.165, 1.54) is 0 Å². The molecule has 8 nitrogen and oxygen atoms in total. The van der Waals surface area contributed by atoms with E-state index in [1.807, 2.05) is 6.07 Å². The summed E-state index contributed by atoms with van der Waals surface area (Å²) in [5.74, 6) is 2.24. The monoisotopic (exact) mass is 398 g/mol. The van der Waals surface area contributed by atoms with Crippen LogP contribution in [0.4, 0.5) is 17.3 Å². The van der Waals surface area contributed by atoms with Crippen LogP contribution in [0.15, 0.2) is 48.5 Å². The number of fused-ring (bicyclic) bond motifs is 1. The minimum atomic E-state index is -0.324. The second-order valence-electron chi connectivity index (χ2n) is 5.80. The highest BCUT2D eigenvalue weighted by atomic mass is 35.5. The summed E-state index contributed by atoms with van der Waals surface area (Å²) in [4.78, 5) is 12.4. The summed E-state index contributed by atoms with van der Waals surface area (Å²) in [6.45, 7) is 0.153. The molecule has 1 aromatic heterocycles. The van der Waals surface area contributed by atoms with E-state index in [2.05, 4.69) is 20.8 Å². The Kier molecular flexibility index (Phi) is 4.86. The Morgan fingerprint density at radius 1 is 1.04 bits per heavy atom. The van der Waals surface area contributed by atoms with Crippen LogP contribution in [0.25, 0.3) is 0 Å². The summed E-state index contributed by atoms with van der Waals surface area (Å²) in [7, 11) is 1.55. The average molecular weight is 399 g/mol. The number of benzene rings is 2. The van der Waals surface area contributed by atoms with Crippen molar-refractivity contribution in [2.45, 2.75) is 0 Å². The van der Waals surface area contributed by atoms with Crippen LogP contribution in [0.2, 0.25) is 5.02 Å². The van der Waals surface area contributed by atoms with Crippen LogP contribution < -0.4 is 24.8 Å². The fourth-order valence-corrected chi connectivity index (χ4v) is 2.84. The molecule has 1 aliphatic heterocycles. The van der Waals surface area contributed by atoms with Gasteiger partial charge in [0.25, 0.3) is 5.91 Å². The maximum absolute atomic E-state index is 12.4. The summed E-state index contributed by atoms with van der Waals surface area (Å²) < 4.78 is 15.6. The van der Waals surface area contributed by atoms with Gasteiger partial charge in [-0.1, -0.05) is 11.6 Å². The average Bonchev–Trinajstić information content (AvgIpc) is 3.17. The molecule has 0 saturated heterocycles. The molecule has 0 fully saturated rings. The number of methoxy groups -OCH3 is 1. The first-order chi connectivity index (χ1) is 13.6. The lowest BCUT2D eigenvalue weighted by atomic mass is 10.2. The van der Waals surface area contributed by atoms with Gasteiger partial charge >= 0.3 is 0 Å². The molecule has 0 spiro atoms. The van der Waals surface area contributed by atoms with Crippen molar-refractivity contribution in [1.29, 1.82) is 0 Å². The molecule has 2 N–H and O–H groups in total. The summed E-state index contributed by atoms with van der Waals surface area (Å²) in [6.07, 6.45) is 0. The van der Waals surface area contributed by atoms with Gasteiger partial charge in [-0.05, 0) is 48.5 Å². The van der Waals surface area contributed by atoms with Crippen LogP contribution in [0.1, 0.15) is 10.4 Å². The first kappa shape index (κ1) is 17.9. The Hall–Kier alpha value is -3.52. The van der Waals surface area contributed by atoms with Crippen molar-refractivity contribution in [3.05, 3.63) is 59.1 Å². The number of hydrogen-bond donors (Lipinski definition) is 2. The molecule has 1 aliphatic rings. The van der Waals surface area contributed by atoms with Gasteiger partial charge < -0.3 is 24.8 Å². The number of nitrogens with one attached hydrogen (secondary N) is 2. The molecule has 4 rings (SSSR count). The Labute approximate surface area is 165 Å². The maximum atomic E-state index is 12.4. The lowest BCUT2D eigenvalue weighted by Gasteiger charge is -2.09. The van der Waals surface area contributed by atoms with Crippen LogP contribution in [-0.2, 0) is 0 Å². The largest absolute Gasteiger partial charge is 0.495 e. The van der Waals surface area contributed by atoms with Gasteiger partial charge in [0.15, 0.2) is 23.1 Å². The van der Waals surface area contributed by atoms with E-state index in [-0.39, 0.29) is 12.7 Å². The molecule has 0 radical (unpaired) electrons. The second-order valence-corrected chi connectivity index (χ2v) is 6.21. The molecule has 2 aromatic carbocycles. The zero-order valence-corrected chi connectivity index (χ0v) is 15.5. The lowest BCUT2D eigenvalue weighted by Crippen LogP contribution is -2.13. The zero-order chi connectivity index (χ0) is 19.5. The number of anilines is 3. The van der Waals surface area contributed by atoms with E-state index in [1.54, 1.807) is 49.6 Å². The molecule has 2 heterocycles. The van der Waals surface area contributed by atoms with Gasteiger partial charge in [-0.2, -0.15) is 0 Å². The first-order valence-electron chi connectivity index (χ1n) is 8.28. The Morgan fingerprint density at radius 2 is 1.82 bits per heavy atom. The fourth-order valence-electron chi connectivity index (χ4n) is 2.58.